The number of benzene rings is 2. The van der Waals surface area contributed by atoms with E-state index in [2.05, 4.69) is 20.6 Å². The van der Waals surface area contributed by atoms with Crippen LogP contribution in [-0.2, 0) is 9.59 Å². The summed E-state index contributed by atoms with van der Waals surface area (Å²) >= 11 is 1.35. The third-order valence-electron chi connectivity index (χ3n) is 5.52. The Balaban J connectivity index is 1.46. The van der Waals surface area contributed by atoms with E-state index < -0.39 is 0 Å². The number of hydrazone groups is 1. The summed E-state index contributed by atoms with van der Waals surface area (Å²) in [5.41, 5.74) is 2.78. The molecule has 1 unspecified atom stereocenters. The Morgan fingerprint density at radius 1 is 1.09 bits per heavy atom. The average Bonchev–Trinajstić information content (AvgIpc) is 3.51. The minimum atomic E-state index is -0.271. The summed E-state index contributed by atoms with van der Waals surface area (Å²) in [7, 11) is 1.62. The number of carbonyl (C=O) groups is 2. The van der Waals surface area contributed by atoms with Crippen LogP contribution in [-0.4, -0.2) is 39.8 Å². The van der Waals surface area contributed by atoms with Crippen molar-refractivity contribution in [3.8, 4) is 5.75 Å². The van der Waals surface area contributed by atoms with E-state index in [0.29, 0.717) is 11.6 Å². The lowest BCUT2D eigenvalue weighted by Crippen LogP contribution is -2.28. The molecule has 3 aromatic rings. The number of carbonyl (C=O) groups excluding carboxylic acids is 2. The Labute approximate surface area is 202 Å². The van der Waals surface area contributed by atoms with Crippen LogP contribution in [0, 0.1) is 0 Å². The summed E-state index contributed by atoms with van der Waals surface area (Å²) in [5.74, 6) is 0.513. The molecule has 1 aliphatic rings. The van der Waals surface area contributed by atoms with Gasteiger partial charge in [-0.2, -0.15) is 5.10 Å². The van der Waals surface area contributed by atoms with Crippen LogP contribution in [0.25, 0.3) is 0 Å². The summed E-state index contributed by atoms with van der Waals surface area (Å²) in [5, 5.41) is 18.3. The molecule has 0 bridgehead atoms. The molecule has 1 atom stereocenters. The fraction of sp³-hybridized carbons (Fsp3) is 0.320. The molecular weight excluding hydrogens is 450 g/mol. The maximum absolute atomic E-state index is 13.2. The van der Waals surface area contributed by atoms with Crippen molar-refractivity contribution in [2.75, 3.05) is 12.4 Å². The third kappa shape index (κ3) is 5.48. The molecule has 4 rings (SSSR count). The highest BCUT2D eigenvalue weighted by Gasteiger charge is 2.33. The molecule has 1 N–H and O–H groups in total. The number of aromatic nitrogens is 2. The van der Waals surface area contributed by atoms with Crippen LogP contribution in [0.4, 0.5) is 5.13 Å². The van der Waals surface area contributed by atoms with Crippen LogP contribution < -0.4 is 10.1 Å². The van der Waals surface area contributed by atoms with Crippen LogP contribution in [0.1, 0.15) is 61.2 Å². The van der Waals surface area contributed by atoms with Crippen molar-refractivity contribution in [1.29, 1.82) is 0 Å². The van der Waals surface area contributed by atoms with Crippen LogP contribution in [0.5, 0.6) is 5.75 Å². The summed E-state index contributed by atoms with van der Waals surface area (Å²) in [6, 6.07) is 17.2. The second-order valence-corrected chi connectivity index (χ2v) is 9.30. The van der Waals surface area contributed by atoms with Crippen molar-refractivity contribution in [3.05, 3.63) is 70.7 Å². The molecule has 0 aliphatic carbocycles. The van der Waals surface area contributed by atoms with E-state index in [1.807, 2.05) is 68.4 Å². The number of hydrogen-bond acceptors (Lipinski definition) is 7. The van der Waals surface area contributed by atoms with E-state index >= 15 is 0 Å². The topological polar surface area (TPSA) is 96.8 Å². The van der Waals surface area contributed by atoms with Gasteiger partial charge in [0.25, 0.3) is 0 Å². The monoisotopic (exact) mass is 477 g/mol. The Morgan fingerprint density at radius 2 is 1.82 bits per heavy atom. The number of nitrogens with one attached hydrogen (secondary N) is 1. The molecule has 0 fully saturated rings. The van der Waals surface area contributed by atoms with Crippen molar-refractivity contribution < 1.29 is 14.3 Å². The Hall–Kier alpha value is -3.59. The molecule has 34 heavy (non-hydrogen) atoms. The maximum atomic E-state index is 13.2. The summed E-state index contributed by atoms with van der Waals surface area (Å²) in [6.07, 6.45) is 0.675. The minimum absolute atomic E-state index is 0.0391. The molecule has 0 radical (unpaired) electrons. The van der Waals surface area contributed by atoms with Crippen molar-refractivity contribution in [3.63, 3.8) is 0 Å². The predicted octanol–water partition coefficient (Wildman–Crippen LogP) is 4.77. The lowest BCUT2D eigenvalue weighted by molar-refractivity contribution is -0.134. The second kappa shape index (κ2) is 10.6. The first-order valence-corrected chi connectivity index (χ1v) is 12.0. The van der Waals surface area contributed by atoms with Crippen molar-refractivity contribution >= 4 is 34.0 Å². The largest absolute Gasteiger partial charge is 0.497 e. The van der Waals surface area contributed by atoms with Gasteiger partial charge in [-0.25, -0.2) is 5.01 Å². The van der Waals surface area contributed by atoms with Gasteiger partial charge in [-0.1, -0.05) is 67.6 Å². The number of anilines is 1. The zero-order valence-electron chi connectivity index (χ0n) is 19.4. The van der Waals surface area contributed by atoms with Crippen LogP contribution in [0.15, 0.2) is 59.7 Å². The normalized spacial score (nSPS) is 15.4. The van der Waals surface area contributed by atoms with Crippen molar-refractivity contribution in [1.82, 2.24) is 15.2 Å². The molecule has 0 spiro atoms. The van der Waals surface area contributed by atoms with Gasteiger partial charge >= 0.3 is 0 Å². The number of rotatable bonds is 8. The van der Waals surface area contributed by atoms with Crippen LogP contribution >= 0.6 is 11.3 Å². The molecule has 8 nitrogen and oxygen atoms in total. The van der Waals surface area contributed by atoms with E-state index in [-0.39, 0.29) is 36.6 Å². The molecule has 176 valence electrons. The SMILES string of the molecule is COc1ccc(C2CC(c3ccccc3)=NN2C(=O)CCC(=O)Nc2nnc(C(C)C)s2)cc1. The number of ether oxygens (including phenoxy) is 1. The average molecular weight is 478 g/mol. The van der Waals surface area contributed by atoms with Crippen LogP contribution in [0.3, 0.4) is 0 Å². The first kappa shape index (κ1) is 23.6. The zero-order chi connectivity index (χ0) is 24.1. The van der Waals surface area contributed by atoms with E-state index in [0.717, 1.165) is 27.6 Å². The van der Waals surface area contributed by atoms with Gasteiger partial charge < -0.3 is 10.1 Å². The predicted molar refractivity (Wildman–Crippen MR) is 132 cm³/mol. The zero-order valence-corrected chi connectivity index (χ0v) is 20.2. The van der Waals surface area contributed by atoms with Gasteiger partial charge in [0.1, 0.15) is 10.8 Å². The van der Waals surface area contributed by atoms with Gasteiger partial charge in [0, 0.05) is 25.2 Å². The van der Waals surface area contributed by atoms with Gasteiger partial charge in [0.15, 0.2) is 0 Å². The fourth-order valence-electron chi connectivity index (χ4n) is 3.67. The molecule has 2 aromatic carbocycles. The third-order valence-corrected chi connectivity index (χ3v) is 6.66. The highest BCUT2D eigenvalue weighted by Crippen LogP contribution is 2.34. The smallest absolute Gasteiger partial charge is 0.243 e. The number of hydrogen-bond donors (Lipinski definition) is 1. The first-order chi connectivity index (χ1) is 16.4. The molecule has 1 aromatic heterocycles. The lowest BCUT2D eigenvalue weighted by Gasteiger charge is -2.22. The molecule has 2 amide bonds. The Kier molecular flexibility index (Phi) is 7.32. The second-order valence-electron chi connectivity index (χ2n) is 8.29. The Bertz CT molecular complexity index is 1170. The van der Waals surface area contributed by atoms with Gasteiger partial charge in [-0.3, -0.25) is 9.59 Å². The Morgan fingerprint density at radius 3 is 2.47 bits per heavy atom. The maximum Gasteiger partial charge on any atom is 0.243 e. The van der Waals surface area contributed by atoms with E-state index in [9.17, 15) is 9.59 Å². The highest BCUT2D eigenvalue weighted by atomic mass is 32.1. The molecule has 0 saturated heterocycles. The minimum Gasteiger partial charge on any atom is -0.497 e. The van der Waals surface area contributed by atoms with Gasteiger partial charge in [0.05, 0.1) is 18.9 Å². The summed E-state index contributed by atoms with van der Waals surface area (Å²) in [6.45, 7) is 4.04. The molecule has 2 heterocycles. The van der Waals surface area contributed by atoms with E-state index in [1.165, 1.54) is 16.3 Å². The number of methoxy groups -OCH3 is 1. The number of amides is 2. The van der Waals surface area contributed by atoms with E-state index in [1.54, 1.807) is 7.11 Å². The standard InChI is InChI=1S/C25H27N5O3S/c1-16(2)24-27-28-25(34-24)26-22(31)13-14-23(32)30-21(18-9-11-19(33-3)12-10-18)15-20(29-30)17-7-5-4-6-8-17/h4-12,16,21H,13-15H2,1-3H3,(H,26,28,31). The van der Waals surface area contributed by atoms with E-state index in [4.69, 9.17) is 4.74 Å². The molecule has 0 saturated carbocycles. The van der Waals surface area contributed by atoms with Gasteiger partial charge in [0.2, 0.25) is 16.9 Å². The molecule has 9 heteroatoms. The molecular formula is C25H27N5O3S. The summed E-state index contributed by atoms with van der Waals surface area (Å²) in [4.78, 5) is 25.6. The first-order valence-electron chi connectivity index (χ1n) is 11.2. The quantitative estimate of drug-likeness (QED) is 0.504. The van der Waals surface area contributed by atoms with Crippen LogP contribution in [0.2, 0.25) is 0 Å². The summed E-state index contributed by atoms with van der Waals surface area (Å²) < 4.78 is 5.26. The molecule has 1 aliphatic heterocycles. The van der Waals surface area contributed by atoms with Crippen molar-refractivity contribution in [2.24, 2.45) is 5.10 Å². The van der Waals surface area contributed by atoms with Gasteiger partial charge in [-0.05, 0) is 23.3 Å². The highest BCUT2D eigenvalue weighted by molar-refractivity contribution is 7.15. The fourth-order valence-corrected chi connectivity index (χ4v) is 4.43. The number of nitrogens with zero attached hydrogens (tertiary/aromatic N) is 4. The lowest BCUT2D eigenvalue weighted by atomic mass is 9.98. The van der Waals surface area contributed by atoms with Crippen molar-refractivity contribution in [2.45, 2.75) is 45.1 Å². The van der Waals surface area contributed by atoms with Gasteiger partial charge in [-0.15, -0.1) is 10.2 Å².